The third kappa shape index (κ3) is 3.92. The Labute approximate surface area is 124 Å². The molecule has 0 atom stereocenters. The van der Waals surface area contributed by atoms with Gasteiger partial charge in [-0.05, 0) is 35.9 Å². The molecule has 2 aromatic heterocycles. The first-order chi connectivity index (χ1) is 9.70. The fourth-order valence-electron chi connectivity index (χ4n) is 1.91. The Morgan fingerprint density at radius 3 is 2.75 bits per heavy atom. The summed E-state index contributed by atoms with van der Waals surface area (Å²) in [6.45, 7) is 4.54. The second-order valence-electron chi connectivity index (χ2n) is 4.63. The van der Waals surface area contributed by atoms with Gasteiger partial charge < -0.3 is 10.2 Å². The highest BCUT2D eigenvalue weighted by atomic mass is 35.5. The normalized spacial score (nSPS) is 10.6. The van der Waals surface area contributed by atoms with E-state index in [1.165, 1.54) is 5.56 Å². The largest absolute Gasteiger partial charge is 0.355 e. The third-order valence-corrected chi connectivity index (χ3v) is 3.39. The molecule has 20 heavy (non-hydrogen) atoms. The summed E-state index contributed by atoms with van der Waals surface area (Å²) in [5.41, 5.74) is 2.27. The Morgan fingerprint density at radius 2 is 2.05 bits per heavy atom. The lowest BCUT2D eigenvalue weighted by Gasteiger charge is -2.19. The molecular formula is C15H19ClN4. The second-order valence-corrected chi connectivity index (χ2v) is 5.03. The molecule has 0 saturated heterocycles. The van der Waals surface area contributed by atoms with Crippen LogP contribution in [0, 0.1) is 0 Å². The van der Waals surface area contributed by atoms with E-state index in [0.29, 0.717) is 5.02 Å². The zero-order valence-electron chi connectivity index (χ0n) is 11.8. The first kappa shape index (κ1) is 14.8. The lowest BCUT2D eigenvalue weighted by Crippen LogP contribution is -2.19. The van der Waals surface area contributed by atoms with Crippen LogP contribution in [-0.2, 0) is 13.1 Å². The molecule has 0 spiro atoms. The van der Waals surface area contributed by atoms with Crippen molar-refractivity contribution in [1.82, 2.24) is 15.3 Å². The van der Waals surface area contributed by atoms with Crippen molar-refractivity contribution in [3.63, 3.8) is 0 Å². The Hall–Kier alpha value is -1.65. The van der Waals surface area contributed by atoms with Crippen LogP contribution < -0.4 is 10.2 Å². The third-order valence-electron chi connectivity index (χ3n) is 3.05. The SMILES string of the molecule is CCNCc1cc(N(C)Cc2ccncc2)ncc1Cl. The number of nitrogens with one attached hydrogen (secondary N) is 1. The molecule has 0 amide bonds. The Kier molecular flexibility index (Phi) is 5.32. The predicted molar refractivity (Wildman–Crippen MR) is 83.0 cm³/mol. The van der Waals surface area contributed by atoms with Crippen LogP contribution in [-0.4, -0.2) is 23.6 Å². The van der Waals surface area contributed by atoms with Gasteiger partial charge in [-0.1, -0.05) is 18.5 Å². The van der Waals surface area contributed by atoms with Crippen LogP contribution in [0.25, 0.3) is 0 Å². The van der Waals surface area contributed by atoms with Crippen molar-refractivity contribution in [3.05, 3.63) is 52.9 Å². The Bertz CT molecular complexity index is 545. The molecule has 5 heteroatoms. The van der Waals surface area contributed by atoms with Gasteiger partial charge in [-0.15, -0.1) is 0 Å². The van der Waals surface area contributed by atoms with Crippen molar-refractivity contribution >= 4 is 17.4 Å². The highest BCUT2D eigenvalue weighted by Crippen LogP contribution is 2.20. The number of rotatable bonds is 6. The average molecular weight is 291 g/mol. The molecule has 0 radical (unpaired) electrons. The molecule has 0 fully saturated rings. The summed E-state index contributed by atoms with van der Waals surface area (Å²) in [6, 6.07) is 6.05. The summed E-state index contributed by atoms with van der Waals surface area (Å²) in [4.78, 5) is 10.5. The molecule has 0 unspecified atom stereocenters. The molecule has 2 rings (SSSR count). The minimum absolute atomic E-state index is 0.701. The molecule has 0 saturated carbocycles. The van der Waals surface area contributed by atoms with Crippen molar-refractivity contribution in [2.45, 2.75) is 20.0 Å². The summed E-state index contributed by atoms with van der Waals surface area (Å²) in [5, 5.41) is 3.98. The minimum Gasteiger partial charge on any atom is -0.355 e. The van der Waals surface area contributed by atoms with Gasteiger partial charge in [-0.3, -0.25) is 4.98 Å². The van der Waals surface area contributed by atoms with Gasteiger partial charge in [0, 0.05) is 38.7 Å². The van der Waals surface area contributed by atoms with Gasteiger partial charge >= 0.3 is 0 Å². The fourth-order valence-corrected chi connectivity index (χ4v) is 2.08. The zero-order valence-corrected chi connectivity index (χ0v) is 12.6. The lowest BCUT2D eigenvalue weighted by molar-refractivity contribution is 0.725. The van der Waals surface area contributed by atoms with E-state index in [9.17, 15) is 0 Å². The maximum Gasteiger partial charge on any atom is 0.128 e. The number of aromatic nitrogens is 2. The quantitative estimate of drug-likeness (QED) is 0.888. The van der Waals surface area contributed by atoms with Gasteiger partial charge in [0.2, 0.25) is 0 Å². The van der Waals surface area contributed by atoms with Crippen LogP contribution in [0.15, 0.2) is 36.8 Å². The Morgan fingerprint density at radius 1 is 1.30 bits per heavy atom. The van der Waals surface area contributed by atoms with Crippen molar-refractivity contribution in [2.24, 2.45) is 0 Å². The van der Waals surface area contributed by atoms with Crippen molar-refractivity contribution in [2.75, 3.05) is 18.5 Å². The molecular weight excluding hydrogens is 272 g/mol. The molecule has 1 N–H and O–H groups in total. The summed E-state index contributed by atoms with van der Waals surface area (Å²) >= 11 is 6.17. The topological polar surface area (TPSA) is 41.0 Å². The number of hydrogen-bond acceptors (Lipinski definition) is 4. The van der Waals surface area contributed by atoms with Gasteiger partial charge in [0.15, 0.2) is 0 Å². The Balaban J connectivity index is 2.11. The van der Waals surface area contributed by atoms with E-state index in [-0.39, 0.29) is 0 Å². The van der Waals surface area contributed by atoms with E-state index < -0.39 is 0 Å². The van der Waals surface area contributed by atoms with E-state index in [2.05, 4.69) is 27.1 Å². The standard InChI is InChI=1S/C15H19ClN4/c1-3-17-9-13-8-15(19-10-14(13)16)20(2)11-12-4-6-18-7-5-12/h4-8,10,17H,3,9,11H2,1-2H3. The van der Waals surface area contributed by atoms with E-state index in [0.717, 1.165) is 31.0 Å². The minimum atomic E-state index is 0.701. The van der Waals surface area contributed by atoms with Gasteiger partial charge in [-0.2, -0.15) is 0 Å². The molecule has 4 nitrogen and oxygen atoms in total. The van der Waals surface area contributed by atoms with Crippen LogP contribution in [0.1, 0.15) is 18.1 Å². The highest BCUT2D eigenvalue weighted by Gasteiger charge is 2.07. The fraction of sp³-hybridized carbons (Fsp3) is 0.333. The first-order valence-corrected chi connectivity index (χ1v) is 7.03. The van der Waals surface area contributed by atoms with Gasteiger partial charge in [0.1, 0.15) is 5.82 Å². The molecule has 106 valence electrons. The van der Waals surface area contributed by atoms with Gasteiger partial charge in [0.25, 0.3) is 0 Å². The monoisotopic (exact) mass is 290 g/mol. The average Bonchev–Trinajstić information content (AvgIpc) is 2.47. The second kappa shape index (κ2) is 7.22. The molecule has 0 aliphatic rings. The molecule has 0 aromatic carbocycles. The van der Waals surface area contributed by atoms with Crippen molar-refractivity contribution in [3.8, 4) is 0 Å². The predicted octanol–water partition coefficient (Wildman–Crippen LogP) is 2.88. The molecule has 0 bridgehead atoms. The maximum atomic E-state index is 6.17. The van der Waals surface area contributed by atoms with Crippen molar-refractivity contribution in [1.29, 1.82) is 0 Å². The first-order valence-electron chi connectivity index (χ1n) is 6.66. The summed E-state index contributed by atoms with van der Waals surface area (Å²) in [5.74, 6) is 0.916. The van der Waals surface area contributed by atoms with Crippen LogP contribution >= 0.6 is 11.6 Å². The van der Waals surface area contributed by atoms with Gasteiger partial charge in [0.05, 0.1) is 5.02 Å². The number of nitrogens with zero attached hydrogens (tertiary/aromatic N) is 3. The molecule has 2 aromatic rings. The van der Waals surface area contributed by atoms with E-state index in [4.69, 9.17) is 11.6 Å². The molecule has 0 aliphatic carbocycles. The van der Waals surface area contributed by atoms with Gasteiger partial charge in [-0.25, -0.2) is 4.98 Å². The lowest BCUT2D eigenvalue weighted by atomic mass is 10.2. The van der Waals surface area contributed by atoms with Crippen LogP contribution in [0.5, 0.6) is 0 Å². The van der Waals surface area contributed by atoms with Crippen LogP contribution in [0.2, 0.25) is 5.02 Å². The highest BCUT2D eigenvalue weighted by molar-refractivity contribution is 6.31. The smallest absolute Gasteiger partial charge is 0.128 e. The van der Waals surface area contributed by atoms with Crippen LogP contribution in [0.3, 0.4) is 0 Å². The van der Waals surface area contributed by atoms with E-state index in [1.54, 1.807) is 18.6 Å². The summed E-state index contributed by atoms with van der Waals surface area (Å²) in [6.07, 6.45) is 5.32. The molecule has 0 aliphatic heterocycles. The molecule has 2 heterocycles. The van der Waals surface area contributed by atoms with Crippen LogP contribution in [0.4, 0.5) is 5.82 Å². The summed E-state index contributed by atoms with van der Waals surface area (Å²) in [7, 11) is 2.02. The van der Waals surface area contributed by atoms with Crippen molar-refractivity contribution < 1.29 is 0 Å². The van der Waals surface area contributed by atoms with E-state index in [1.807, 2.05) is 25.2 Å². The summed E-state index contributed by atoms with van der Waals surface area (Å²) < 4.78 is 0. The van der Waals surface area contributed by atoms with E-state index >= 15 is 0 Å². The number of halogens is 1. The number of hydrogen-bond donors (Lipinski definition) is 1. The zero-order chi connectivity index (χ0) is 14.4. The number of anilines is 1. The number of pyridine rings is 2. The maximum absolute atomic E-state index is 6.17.